The summed E-state index contributed by atoms with van der Waals surface area (Å²) < 4.78 is 11.0. The van der Waals surface area contributed by atoms with Crippen molar-refractivity contribution in [3.63, 3.8) is 0 Å². The van der Waals surface area contributed by atoms with E-state index in [0.29, 0.717) is 18.7 Å². The number of aliphatic hydroxyl groups is 1. The molecule has 8 heteroatoms. The van der Waals surface area contributed by atoms with Gasteiger partial charge in [0.25, 0.3) is 0 Å². The van der Waals surface area contributed by atoms with Crippen LogP contribution < -0.4 is 10.6 Å². The third-order valence-corrected chi connectivity index (χ3v) is 5.23. The van der Waals surface area contributed by atoms with Crippen molar-refractivity contribution in [2.45, 2.75) is 38.8 Å². The minimum Gasteiger partial charge on any atom is -0.396 e. The lowest BCUT2D eigenvalue weighted by Gasteiger charge is -2.38. The highest BCUT2D eigenvalue weighted by Gasteiger charge is 2.34. The number of hydrogen-bond donors (Lipinski definition) is 3. The van der Waals surface area contributed by atoms with Gasteiger partial charge < -0.3 is 25.2 Å². The minimum absolute atomic E-state index is 0. The number of ether oxygens (including phenoxy) is 2. The lowest BCUT2D eigenvalue weighted by atomic mass is 9.84. The van der Waals surface area contributed by atoms with E-state index < -0.39 is 0 Å². The number of rotatable bonds is 7. The smallest absolute Gasteiger partial charge is 0.191 e. The predicted octanol–water partition coefficient (Wildman–Crippen LogP) is 0.668. The molecule has 3 N–H and O–H groups in total. The van der Waals surface area contributed by atoms with Gasteiger partial charge in [0.05, 0.1) is 19.8 Å². The minimum atomic E-state index is 0. The number of halogens is 1. The maximum Gasteiger partial charge on any atom is 0.191 e. The summed E-state index contributed by atoms with van der Waals surface area (Å²) in [6.45, 7) is 10.3. The molecule has 0 aromatic carbocycles. The Kier molecular flexibility index (Phi) is 10.6. The van der Waals surface area contributed by atoms with E-state index in [9.17, 15) is 5.11 Å². The summed E-state index contributed by atoms with van der Waals surface area (Å²) in [5, 5.41) is 16.1. The summed E-state index contributed by atoms with van der Waals surface area (Å²) in [6.07, 6.45) is 1.75. The van der Waals surface area contributed by atoms with Crippen LogP contribution in [0.5, 0.6) is 0 Å². The van der Waals surface area contributed by atoms with Gasteiger partial charge in [-0.05, 0) is 26.7 Å². The van der Waals surface area contributed by atoms with Crippen molar-refractivity contribution in [1.29, 1.82) is 0 Å². The molecule has 2 saturated heterocycles. The van der Waals surface area contributed by atoms with Crippen molar-refractivity contribution in [3.05, 3.63) is 0 Å². The van der Waals surface area contributed by atoms with Crippen molar-refractivity contribution in [3.8, 4) is 0 Å². The van der Waals surface area contributed by atoms with Crippen LogP contribution in [0.15, 0.2) is 4.99 Å². The molecule has 0 saturated carbocycles. The standard InChI is InChI=1S/C17H34N4O3.HI/c1-14(21-6-9-23-11-15(21)2)10-19-16(18-3)20-12-17(4-7-22)5-8-24-13-17;/h14-15,22H,4-13H2,1-3H3,(H2,18,19,20);1H. The van der Waals surface area contributed by atoms with Gasteiger partial charge in [0, 0.05) is 57.4 Å². The molecule has 3 unspecified atom stereocenters. The summed E-state index contributed by atoms with van der Waals surface area (Å²) in [4.78, 5) is 6.80. The zero-order valence-corrected chi connectivity index (χ0v) is 18.1. The van der Waals surface area contributed by atoms with E-state index in [1.54, 1.807) is 7.05 Å². The van der Waals surface area contributed by atoms with Gasteiger partial charge >= 0.3 is 0 Å². The molecule has 2 fully saturated rings. The third-order valence-electron chi connectivity index (χ3n) is 5.23. The van der Waals surface area contributed by atoms with E-state index in [4.69, 9.17) is 9.47 Å². The largest absolute Gasteiger partial charge is 0.396 e. The Balaban J connectivity index is 0.00000312. The van der Waals surface area contributed by atoms with Crippen LogP contribution in [0.4, 0.5) is 0 Å². The van der Waals surface area contributed by atoms with Gasteiger partial charge in [-0.2, -0.15) is 0 Å². The van der Waals surface area contributed by atoms with Crippen LogP contribution in [-0.2, 0) is 9.47 Å². The molecule has 0 aliphatic carbocycles. The highest BCUT2D eigenvalue weighted by molar-refractivity contribution is 14.0. The molecule has 2 aliphatic heterocycles. The van der Waals surface area contributed by atoms with E-state index in [2.05, 4.69) is 34.4 Å². The van der Waals surface area contributed by atoms with Crippen LogP contribution in [0.25, 0.3) is 0 Å². The highest BCUT2D eigenvalue weighted by Crippen LogP contribution is 2.31. The fourth-order valence-electron chi connectivity index (χ4n) is 3.56. The Morgan fingerprint density at radius 1 is 1.36 bits per heavy atom. The first-order chi connectivity index (χ1) is 11.6. The average Bonchev–Trinajstić information content (AvgIpc) is 3.04. The number of aliphatic hydroxyl groups excluding tert-OH is 1. The highest BCUT2D eigenvalue weighted by atomic mass is 127. The van der Waals surface area contributed by atoms with Crippen LogP contribution in [0, 0.1) is 5.41 Å². The van der Waals surface area contributed by atoms with Crippen molar-refractivity contribution in [1.82, 2.24) is 15.5 Å². The van der Waals surface area contributed by atoms with Gasteiger partial charge in [0.2, 0.25) is 0 Å². The Morgan fingerprint density at radius 2 is 2.16 bits per heavy atom. The number of aliphatic imine (C=N–C) groups is 1. The van der Waals surface area contributed by atoms with E-state index >= 15 is 0 Å². The first-order valence-electron chi connectivity index (χ1n) is 9.07. The first kappa shape index (κ1) is 22.9. The van der Waals surface area contributed by atoms with E-state index in [1.807, 2.05) is 0 Å². The number of nitrogens with one attached hydrogen (secondary N) is 2. The zero-order valence-electron chi connectivity index (χ0n) is 15.8. The maximum absolute atomic E-state index is 9.31. The van der Waals surface area contributed by atoms with Crippen LogP contribution in [0.2, 0.25) is 0 Å². The number of guanidine groups is 1. The van der Waals surface area contributed by atoms with Crippen molar-refractivity contribution >= 4 is 29.9 Å². The summed E-state index contributed by atoms with van der Waals surface area (Å²) in [7, 11) is 1.79. The third kappa shape index (κ3) is 6.82. The second-order valence-electron chi connectivity index (χ2n) is 7.09. The molecule has 0 spiro atoms. The summed E-state index contributed by atoms with van der Waals surface area (Å²) in [5.41, 5.74) is 0.0245. The fourth-order valence-corrected chi connectivity index (χ4v) is 3.56. The van der Waals surface area contributed by atoms with Gasteiger partial charge in [-0.1, -0.05) is 0 Å². The van der Waals surface area contributed by atoms with Crippen LogP contribution in [-0.4, -0.2) is 87.8 Å². The Labute approximate surface area is 168 Å². The maximum atomic E-state index is 9.31. The van der Waals surface area contributed by atoms with Gasteiger partial charge in [0.15, 0.2) is 5.96 Å². The van der Waals surface area contributed by atoms with Crippen molar-refractivity contribution < 1.29 is 14.6 Å². The molecule has 2 aliphatic rings. The van der Waals surface area contributed by atoms with Crippen molar-refractivity contribution in [2.75, 3.05) is 59.7 Å². The number of hydrogen-bond acceptors (Lipinski definition) is 5. The molecule has 2 heterocycles. The molecule has 3 atom stereocenters. The van der Waals surface area contributed by atoms with Crippen LogP contribution >= 0.6 is 24.0 Å². The zero-order chi connectivity index (χ0) is 17.4. The molecule has 2 rings (SSSR count). The molecule has 0 radical (unpaired) electrons. The monoisotopic (exact) mass is 470 g/mol. The van der Waals surface area contributed by atoms with Gasteiger partial charge in [-0.25, -0.2) is 0 Å². The summed E-state index contributed by atoms with van der Waals surface area (Å²) in [6, 6.07) is 0.873. The molecule has 7 nitrogen and oxygen atoms in total. The van der Waals surface area contributed by atoms with E-state index in [1.165, 1.54) is 0 Å². The lowest BCUT2D eigenvalue weighted by Crippen LogP contribution is -2.53. The SMILES string of the molecule is CN=C(NCC(C)N1CCOCC1C)NCC1(CCO)CCOC1.I. The topological polar surface area (TPSA) is 78.4 Å². The number of nitrogens with zero attached hydrogens (tertiary/aromatic N) is 2. The quantitative estimate of drug-likeness (QED) is 0.289. The van der Waals surface area contributed by atoms with Gasteiger partial charge in [-0.3, -0.25) is 9.89 Å². The first-order valence-corrected chi connectivity index (χ1v) is 9.07. The van der Waals surface area contributed by atoms with Crippen LogP contribution in [0.3, 0.4) is 0 Å². The van der Waals surface area contributed by atoms with Gasteiger partial charge in [0.1, 0.15) is 0 Å². The molecule has 0 bridgehead atoms. The van der Waals surface area contributed by atoms with Crippen molar-refractivity contribution in [2.24, 2.45) is 10.4 Å². The molecular formula is C17H35IN4O3. The lowest BCUT2D eigenvalue weighted by molar-refractivity contribution is -0.0174. The molecular weight excluding hydrogens is 435 g/mol. The Morgan fingerprint density at radius 3 is 2.76 bits per heavy atom. The molecule has 25 heavy (non-hydrogen) atoms. The van der Waals surface area contributed by atoms with E-state index in [0.717, 1.165) is 58.3 Å². The Bertz CT molecular complexity index is 405. The van der Waals surface area contributed by atoms with Gasteiger partial charge in [-0.15, -0.1) is 24.0 Å². The molecule has 0 amide bonds. The average molecular weight is 470 g/mol. The second kappa shape index (κ2) is 11.5. The normalized spacial score (nSPS) is 29.1. The van der Waals surface area contributed by atoms with Crippen LogP contribution in [0.1, 0.15) is 26.7 Å². The second-order valence-corrected chi connectivity index (χ2v) is 7.09. The Hall–Kier alpha value is -0.160. The molecule has 0 aromatic heterocycles. The fraction of sp³-hybridized carbons (Fsp3) is 0.941. The summed E-state index contributed by atoms with van der Waals surface area (Å²) >= 11 is 0. The summed E-state index contributed by atoms with van der Waals surface area (Å²) in [5.74, 6) is 0.812. The van der Waals surface area contributed by atoms with E-state index in [-0.39, 0.29) is 36.0 Å². The number of morpholine rings is 1. The molecule has 0 aromatic rings. The molecule has 148 valence electrons. The predicted molar refractivity (Wildman–Crippen MR) is 111 cm³/mol.